The van der Waals surface area contributed by atoms with Gasteiger partial charge < -0.3 is 9.74 Å². The first-order valence-electron chi connectivity index (χ1n) is 9.67. The molecule has 1 saturated heterocycles. The molecule has 2 rings (SSSR count). The van der Waals surface area contributed by atoms with Crippen molar-refractivity contribution in [2.75, 3.05) is 26.7 Å². The molecule has 1 heterocycles. The van der Waals surface area contributed by atoms with Crippen molar-refractivity contribution in [2.45, 2.75) is 71.3 Å². The maximum Gasteiger partial charge on any atom is 0.192 e. The summed E-state index contributed by atoms with van der Waals surface area (Å²) in [6.07, 6.45) is 1.56. The fourth-order valence-corrected chi connectivity index (χ4v) is 4.86. The first-order chi connectivity index (χ1) is 11.5. The molecule has 0 amide bonds. The Kier molecular flexibility index (Phi) is 10.7. The summed E-state index contributed by atoms with van der Waals surface area (Å²) in [5.74, 6) is 0. The van der Waals surface area contributed by atoms with Crippen molar-refractivity contribution in [2.24, 2.45) is 0 Å². The van der Waals surface area contributed by atoms with Gasteiger partial charge in [-0.05, 0) is 51.0 Å². The summed E-state index contributed by atoms with van der Waals surface area (Å²) in [6.45, 7) is 19.3. The van der Waals surface area contributed by atoms with Gasteiger partial charge in [0.2, 0.25) is 0 Å². The monoisotopic (exact) mass is 430 g/mol. The van der Waals surface area contributed by atoms with Gasteiger partial charge >= 0.3 is 0 Å². The Morgan fingerprint density at radius 1 is 1.15 bits per heavy atom. The lowest BCUT2D eigenvalue weighted by molar-refractivity contribution is 0.177. The smallest absolute Gasteiger partial charge is 0.192 e. The fourth-order valence-electron chi connectivity index (χ4n) is 3.49. The molecule has 2 atom stereocenters. The molecule has 0 bridgehead atoms. The molecule has 1 fully saturated rings. The highest BCUT2D eigenvalue weighted by Crippen LogP contribution is 2.38. The number of rotatable bonds is 6. The number of nitrogens with one attached hydrogen (secondary N) is 1. The number of benzene rings is 1. The zero-order valence-electron chi connectivity index (χ0n) is 18.6. The minimum absolute atomic E-state index is 0. The molecule has 0 radical (unpaired) electrons. The van der Waals surface area contributed by atoms with Crippen LogP contribution in [0.5, 0.6) is 0 Å². The molecule has 3 nitrogen and oxygen atoms in total. The van der Waals surface area contributed by atoms with Crippen LogP contribution in [-0.4, -0.2) is 46.0 Å². The van der Waals surface area contributed by atoms with Gasteiger partial charge in [0.05, 0.1) is 6.10 Å². The molecule has 0 aromatic heterocycles. The highest BCUT2D eigenvalue weighted by Gasteiger charge is 2.40. The molecule has 1 N–H and O–H groups in total. The number of hydrogen-bond donors (Lipinski definition) is 1. The summed E-state index contributed by atoms with van der Waals surface area (Å²) in [6, 6.07) is 7.25. The van der Waals surface area contributed by atoms with E-state index < -0.39 is 8.32 Å². The van der Waals surface area contributed by atoms with Crippen LogP contribution in [-0.2, 0) is 4.43 Å². The van der Waals surface area contributed by atoms with Crippen LogP contribution in [0.15, 0.2) is 18.2 Å². The van der Waals surface area contributed by atoms with Crippen LogP contribution in [0, 0.1) is 13.8 Å². The molecule has 158 valence electrons. The van der Waals surface area contributed by atoms with Crippen molar-refractivity contribution < 1.29 is 4.43 Å². The molecular formula is C21H42N2OS2Si. The van der Waals surface area contributed by atoms with Gasteiger partial charge in [-0.3, -0.25) is 4.90 Å². The number of likely N-dealkylation sites (tertiary alicyclic amines) is 1. The predicted octanol–water partition coefficient (Wildman–Crippen LogP) is 4.89. The third-order valence-electron chi connectivity index (χ3n) is 5.93. The standard InChI is InChI=1S/C21H38N2OSi.2H2S/c1-16-11-17(2)13-18(12-16)20(22-6)15-23-10-9-19(14-23)24-25(7,8)21(3,4)5;;/h11-13,19-20,22H,9-10,14-15H2,1-8H3;2*1H2/t19-,20+;;/m0../s1. The Hall–Kier alpha value is 0.0169. The van der Waals surface area contributed by atoms with Crippen molar-refractivity contribution in [3.8, 4) is 0 Å². The lowest BCUT2D eigenvalue weighted by Gasteiger charge is -2.38. The Morgan fingerprint density at radius 2 is 1.70 bits per heavy atom. The fraction of sp³-hybridized carbons (Fsp3) is 0.714. The Balaban J connectivity index is 0.00000338. The van der Waals surface area contributed by atoms with Gasteiger partial charge in [-0.15, -0.1) is 0 Å². The van der Waals surface area contributed by atoms with E-state index in [1.807, 2.05) is 0 Å². The summed E-state index contributed by atoms with van der Waals surface area (Å²) in [5.41, 5.74) is 4.08. The number of likely N-dealkylation sites (N-methyl/N-ethyl adjacent to an activating group) is 1. The highest BCUT2D eigenvalue weighted by atomic mass is 32.1. The van der Waals surface area contributed by atoms with Crippen molar-refractivity contribution in [1.82, 2.24) is 10.2 Å². The largest absolute Gasteiger partial charge is 0.413 e. The lowest BCUT2D eigenvalue weighted by Crippen LogP contribution is -2.44. The highest BCUT2D eigenvalue weighted by molar-refractivity contribution is 7.59. The van der Waals surface area contributed by atoms with Crippen LogP contribution in [0.4, 0.5) is 0 Å². The third-order valence-corrected chi connectivity index (χ3v) is 10.5. The number of nitrogens with zero attached hydrogens (tertiary/aromatic N) is 1. The van der Waals surface area contributed by atoms with Crippen LogP contribution in [0.1, 0.15) is 49.9 Å². The van der Waals surface area contributed by atoms with Crippen LogP contribution < -0.4 is 5.32 Å². The molecule has 0 spiro atoms. The quantitative estimate of drug-likeness (QED) is 0.651. The Bertz CT molecular complexity index is 570. The van der Waals surface area contributed by atoms with E-state index in [1.54, 1.807) is 0 Å². The molecular weight excluding hydrogens is 388 g/mol. The van der Waals surface area contributed by atoms with E-state index in [9.17, 15) is 0 Å². The normalized spacial score (nSPS) is 19.3. The van der Waals surface area contributed by atoms with Crippen molar-refractivity contribution in [3.05, 3.63) is 34.9 Å². The second-order valence-electron chi connectivity index (χ2n) is 9.31. The van der Waals surface area contributed by atoms with E-state index in [2.05, 4.69) is 83.2 Å². The summed E-state index contributed by atoms with van der Waals surface area (Å²) in [7, 11) is 0.403. The average Bonchev–Trinajstić information content (AvgIpc) is 2.89. The summed E-state index contributed by atoms with van der Waals surface area (Å²) >= 11 is 0. The van der Waals surface area contributed by atoms with E-state index >= 15 is 0 Å². The van der Waals surface area contributed by atoms with E-state index in [4.69, 9.17) is 4.43 Å². The van der Waals surface area contributed by atoms with E-state index in [1.165, 1.54) is 16.7 Å². The molecule has 1 aromatic rings. The van der Waals surface area contributed by atoms with Crippen molar-refractivity contribution >= 4 is 35.3 Å². The topological polar surface area (TPSA) is 24.5 Å². The molecule has 1 aliphatic heterocycles. The van der Waals surface area contributed by atoms with E-state index in [0.717, 1.165) is 26.1 Å². The van der Waals surface area contributed by atoms with Gasteiger partial charge in [0.1, 0.15) is 0 Å². The van der Waals surface area contributed by atoms with Crippen LogP contribution >= 0.6 is 27.0 Å². The SMILES string of the molecule is CN[C@H](CN1CC[C@H](O[Si](C)(C)C(C)(C)C)C1)c1cc(C)cc(C)c1.S.S. The molecule has 1 aliphatic rings. The summed E-state index contributed by atoms with van der Waals surface area (Å²) in [4.78, 5) is 2.57. The molecule has 0 aliphatic carbocycles. The molecule has 1 aromatic carbocycles. The first-order valence-corrected chi connectivity index (χ1v) is 12.6. The van der Waals surface area contributed by atoms with E-state index in [-0.39, 0.29) is 32.0 Å². The second-order valence-corrected chi connectivity index (χ2v) is 14.1. The van der Waals surface area contributed by atoms with Crippen LogP contribution in [0.2, 0.25) is 18.1 Å². The van der Waals surface area contributed by atoms with Crippen LogP contribution in [0.3, 0.4) is 0 Å². The minimum atomic E-state index is -1.67. The van der Waals surface area contributed by atoms with Gasteiger partial charge in [-0.1, -0.05) is 50.1 Å². The zero-order valence-corrected chi connectivity index (χ0v) is 21.6. The molecule has 0 saturated carbocycles. The summed E-state index contributed by atoms with van der Waals surface area (Å²) in [5, 5.41) is 3.80. The van der Waals surface area contributed by atoms with Crippen LogP contribution in [0.25, 0.3) is 0 Å². The van der Waals surface area contributed by atoms with Gasteiger partial charge in [0, 0.05) is 25.7 Å². The van der Waals surface area contributed by atoms with Gasteiger partial charge in [-0.2, -0.15) is 27.0 Å². The first kappa shape index (κ1) is 27.0. The summed E-state index contributed by atoms with van der Waals surface area (Å²) < 4.78 is 6.63. The zero-order chi connectivity index (χ0) is 18.8. The third kappa shape index (κ3) is 7.41. The molecule has 27 heavy (non-hydrogen) atoms. The van der Waals surface area contributed by atoms with Gasteiger partial charge in [0.15, 0.2) is 8.32 Å². The molecule has 6 heteroatoms. The predicted molar refractivity (Wildman–Crippen MR) is 132 cm³/mol. The van der Waals surface area contributed by atoms with Gasteiger partial charge in [0.25, 0.3) is 0 Å². The average molecular weight is 431 g/mol. The molecule has 0 unspecified atom stereocenters. The van der Waals surface area contributed by atoms with Crippen molar-refractivity contribution in [3.63, 3.8) is 0 Å². The Labute approximate surface area is 182 Å². The maximum atomic E-state index is 6.63. The minimum Gasteiger partial charge on any atom is -0.413 e. The lowest BCUT2D eigenvalue weighted by atomic mass is 10.0. The van der Waals surface area contributed by atoms with Gasteiger partial charge in [-0.25, -0.2) is 0 Å². The maximum absolute atomic E-state index is 6.63. The van der Waals surface area contributed by atoms with E-state index in [0.29, 0.717) is 12.1 Å². The Morgan fingerprint density at radius 3 is 2.19 bits per heavy atom. The number of aryl methyl sites for hydroxylation is 2. The second kappa shape index (κ2) is 10.7. The number of hydrogen-bond acceptors (Lipinski definition) is 3. The van der Waals surface area contributed by atoms with Crippen molar-refractivity contribution in [1.29, 1.82) is 0 Å².